The fourth-order valence-electron chi connectivity index (χ4n) is 12.4. The Hall–Kier alpha value is -8.59. The zero-order valence-corrected chi connectivity index (χ0v) is 54.6. The van der Waals surface area contributed by atoms with Crippen LogP contribution in [0, 0.1) is 0 Å². The molecule has 0 saturated carbocycles. The number of guanidine groups is 2. The molecule has 9 rings (SSSR count). The van der Waals surface area contributed by atoms with Crippen LogP contribution in [0.5, 0.6) is 5.75 Å². The van der Waals surface area contributed by atoms with Crippen molar-refractivity contribution in [2.24, 2.45) is 21.5 Å². The Bertz CT molecular complexity index is 3410. The highest BCUT2D eigenvalue weighted by Crippen LogP contribution is 2.33. The summed E-state index contributed by atoms with van der Waals surface area (Å²) < 4.78 is 39.0. The molecule has 4 fully saturated rings. The molecule has 6 heterocycles. The number of hydrogen-bond acceptors (Lipinski definition) is 33. The molecule has 6 amide bonds. The number of aliphatic hydroxyl groups excluding tert-OH is 13. The van der Waals surface area contributed by atoms with E-state index in [1.54, 1.807) is 67.6 Å². The van der Waals surface area contributed by atoms with Gasteiger partial charge in [-0.1, -0.05) is 79.7 Å². The molecular weight excluding hydrogens is 1360 g/mol. The molecule has 24 N–H and O–H groups in total. The molecule has 25 atom stereocenters. The summed E-state index contributed by atoms with van der Waals surface area (Å²) in [6.07, 6.45) is -33.6. The van der Waals surface area contributed by atoms with E-state index in [9.17, 15) is 85.6 Å². The van der Waals surface area contributed by atoms with Crippen molar-refractivity contribution in [1.82, 2.24) is 42.1 Å². The van der Waals surface area contributed by atoms with Crippen molar-refractivity contribution in [3.8, 4) is 5.75 Å². The molecule has 39 heteroatoms. The van der Waals surface area contributed by atoms with Gasteiger partial charge in [0.2, 0.25) is 41.7 Å². The fourth-order valence-corrected chi connectivity index (χ4v) is 12.4. The number of nitrogens with two attached hydrogens (primary N) is 2. The monoisotopic (exact) mass is 1440 g/mol. The fraction of sp³-hybridized carbons (Fsp3) is 0.571. The standard InChI is InChI=1S/C63H86N12O27/c1-2-30(28-11-7-4-8-12-28)39-55(92)69-31(17-26-13-15-29(16-14-26)98-59-51(89)48(86)52(36(23-78)100-59)102-60-50(88)47(85)45(83)37(101-60)25-97-63(95)96-24-27-9-5-3-6-10-27)54(91)73-40(42(80)32-18-67-61(64)71-32)57(94)74-41(56(93)70-33(21-76)53(90)66-20-38(79)72-39)43(81)34-19-68-62(65)75(34)58-49(87)46(84)44(82)35(22-77)99-58/h3-16,30-37,39-52,58-60,76-78,80-89H,2,17-25H2,1H3,(H2,65,68)(H,66,90)(H,69,92)(H,70,93)(H,72,79)(H,73,91)(H,74,94)(H3,64,67,71). The zero-order valence-electron chi connectivity index (χ0n) is 54.6. The van der Waals surface area contributed by atoms with Gasteiger partial charge in [0.1, 0.15) is 135 Å². The molecule has 4 saturated heterocycles. The molecule has 0 spiro atoms. The number of aliphatic imine (C=N–C) groups is 2. The average molecular weight is 1440 g/mol. The number of amides is 6. The Morgan fingerprint density at radius 3 is 1.82 bits per heavy atom. The van der Waals surface area contributed by atoms with Gasteiger partial charge >= 0.3 is 6.16 Å². The highest BCUT2D eigenvalue weighted by molar-refractivity contribution is 5.98. The second-order valence-electron chi connectivity index (χ2n) is 24.9. The van der Waals surface area contributed by atoms with Crippen LogP contribution in [0.3, 0.4) is 0 Å². The molecule has 0 radical (unpaired) electrons. The molecule has 0 aromatic heterocycles. The molecule has 102 heavy (non-hydrogen) atoms. The Morgan fingerprint density at radius 2 is 1.18 bits per heavy atom. The van der Waals surface area contributed by atoms with Gasteiger partial charge in [-0.2, -0.15) is 0 Å². The van der Waals surface area contributed by atoms with E-state index in [1.807, 2.05) is 0 Å². The zero-order chi connectivity index (χ0) is 73.8. The van der Waals surface area contributed by atoms with Gasteiger partial charge < -0.3 is 153 Å². The highest BCUT2D eigenvalue weighted by Gasteiger charge is 2.54. The van der Waals surface area contributed by atoms with Gasteiger partial charge in [-0.3, -0.25) is 38.8 Å². The summed E-state index contributed by atoms with van der Waals surface area (Å²) in [6.45, 7) is -4.00. The lowest BCUT2D eigenvalue weighted by Crippen LogP contribution is -2.70. The van der Waals surface area contributed by atoms with Crippen LogP contribution in [-0.4, -0.2) is 317 Å². The first-order valence-electron chi connectivity index (χ1n) is 32.6. The summed E-state index contributed by atoms with van der Waals surface area (Å²) in [5.74, 6) is -9.02. The van der Waals surface area contributed by atoms with Crippen molar-refractivity contribution in [1.29, 1.82) is 0 Å². The van der Waals surface area contributed by atoms with Crippen molar-refractivity contribution in [3.63, 3.8) is 0 Å². The van der Waals surface area contributed by atoms with Crippen molar-refractivity contribution in [2.45, 2.75) is 179 Å². The quantitative estimate of drug-likeness (QED) is 0.0440. The van der Waals surface area contributed by atoms with E-state index >= 15 is 14.4 Å². The minimum Gasteiger partial charge on any atom is -0.462 e. The van der Waals surface area contributed by atoms with Crippen LogP contribution >= 0.6 is 0 Å². The predicted molar refractivity (Wildman–Crippen MR) is 343 cm³/mol. The number of nitrogens with zero attached hydrogens (tertiary/aromatic N) is 3. The number of benzene rings is 3. The van der Waals surface area contributed by atoms with Gasteiger partial charge in [-0.05, 0) is 35.2 Å². The first-order valence-corrected chi connectivity index (χ1v) is 32.6. The van der Waals surface area contributed by atoms with E-state index in [-0.39, 0.29) is 36.8 Å². The normalized spacial score (nSPS) is 34.6. The maximum atomic E-state index is 15.3. The van der Waals surface area contributed by atoms with Crippen molar-refractivity contribution < 1.29 is 133 Å². The van der Waals surface area contributed by atoms with Crippen molar-refractivity contribution in [2.75, 3.05) is 46.1 Å². The third kappa shape index (κ3) is 18.2. The van der Waals surface area contributed by atoms with Crippen LogP contribution in [-0.2, 0) is 70.2 Å². The van der Waals surface area contributed by atoms with Crippen molar-refractivity contribution in [3.05, 3.63) is 102 Å². The van der Waals surface area contributed by atoms with Crippen LogP contribution < -0.4 is 53.4 Å². The van der Waals surface area contributed by atoms with Gasteiger partial charge in [0.25, 0.3) is 0 Å². The van der Waals surface area contributed by atoms with E-state index in [0.29, 0.717) is 11.1 Å². The Labute approximate surface area is 580 Å². The number of aliphatic hydroxyl groups is 13. The van der Waals surface area contributed by atoms with Gasteiger partial charge in [0.05, 0.1) is 51.5 Å². The topological polar surface area (TPSA) is 611 Å². The molecule has 0 aliphatic carbocycles. The number of rotatable bonds is 21. The van der Waals surface area contributed by atoms with Crippen LogP contribution in [0.4, 0.5) is 4.79 Å². The molecule has 6 aliphatic rings. The summed E-state index contributed by atoms with van der Waals surface area (Å²) in [4.78, 5) is 109. The maximum absolute atomic E-state index is 15.3. The summed E-state index contributed by atoms with van der Waals surface area (Å²) in [7, 11) is 0. The predicted octanol–water partition coefficient (Wildman–Crippen LogP) is -10.9. The lowest BCUT2D eigenvalue weighted by atomic mass is 9.88. The van der Waals surface area contributed by atoms with Gasteiger partial charge in [0.15, 0.2) is 24.4 Å². The molecule has 25 unspecified atom stereocenters. The molecule has 3 aromatic carbocycles. The third-order valence-corrected chi connectivity index (χ3v) is 18.1. The van der Waals surface area contributed by atoms with Crippen LogP contribution in [0.2, 0.25) is 0 Å². The Kier molecular flexibility index (Phi) is 26.7. The second-order valence-corrected chi connectivity index (χ2v) is 24.9. The number of hydrogen-bond donors (Lipinski definition) is 22. The summed E-state index contributed by atoms with van der Waals surface area (Å²) in [5.41, 5.74) is 13.5. The smallest absolute Gasteiger partial charge is 0.462 e. The lowest BCUT2D eigenvalue weighted by molar-refractivity contribution is -0.352. The lowest BCUT2D eigenvalue weighted by Gasteiger charge is -2.46. The summed E-state index contributed by atoms with van der Waals surface area (Å²) in [5, 5.41) is 160. The Balaban J connectivity index is 0.978. The Morgan fingerprint density at radius 1 is 0.578 bits per heavy atom. The van der Waals surface area contributed by atoms with E-state index < -0.39 is 246 Å². The SMILES string of the molecule is CCC(c1ccccc1)C1NC(=O)CNC(=O)C(CO)NC(=O)C(C(O)C2CN=C(N)N2C2OC(CO)C(O)C(O)C2O)NC(=O)C(C(O)C2CN=C(N)N2)NC(=O)C(Cc2ccc(OC3OC(CO)C(OC4OC(COC(=O)OCc5ccccc5)C(O)C(O)C4O)C(O)C3O)cc2)NC1=O. The number of carbonyl (C=O) groups is 7. The van der Waals surface area contributed by atoms with E-state index in [2.05, 4.69) is 47.2 Å². The van der Waals surface area contributed by atoms with Gasteiger partial charge in [-0.25, -0.2) is 4.79 Å². The second kappa shape index (κ2) is 35.1. The number of nitrogens with one attached hydrogen (secondary N) is 7. The van der Waals surface area contributed by atoms with Crippen molar-refractivity contribution >= 4 is 53.5 Å². The van der Waals surface area contributed by atoms with Crippen LogP contribution in [0.1, 0.15) is 36.0 Å². The third-order valence-electron chi connectivity index (χ3n) is 18.1. The molecule has 0 bridgehead atoms. The van der Waals surface area contributed by atoms with E-state index in [1.165, 1.54) is 24.3 Å². The number of carbonyl (C=O) groups excluding carboxylic acids is 7. The van der Waals surface area contributed by atoms with E-state index in [0.717, 1.165) is 4.90 Å². The molecular formula is C63H86N12O27. The van der Waals surface area contributed by atoms with Gasteiger partial charge in [-0.15, -0.1) is 0 Å². The number of ether oxygens (including phenoxy) is 7. The molecule has 3 aromatic rings. The molecule has 560 valence electrons. The maximum Gasteiger partial charge on any atom is 0.508 e. The highest BCUT2D eigenvalue weighted by atomic mass is 16.8. The van der Waals surface area contributed by atoms with Gasteiger partial charge in [0, 0.05) is 12.3 Å². The molecule has 6 aliphatic heterocycles. The first kappa shape index (κ1) is 77.6. The minimum atomic E-state index is -2.36. The first-order chi connectivity index (χ1) is 48.7. The summed E-state index contributed by atoms with van der Waals surface area (Å²) >= 11 is 0. The summed E-state index contributed by atoms with van der Waals surface area (Å²) in [6, 6.07) is 9.37. The van der Waals surface area contributed by atoms with Crippen LogP contribution in [0.15, 0.2) is 94.9 Å². The minimum absolute atomic E-state index is 0.0966. The molecule has 39 nitrogen and oxygen atoms in total. The average Bonchev–Trinajstić information content (AvgIpc) is 1.53. The largest absolute Gasteiger partial charge is 0.508 e. The van der Waals surface area contributed by atoms with E-state index in [4.69, 9.17) is 44.6 Å². The van der Waals surface area contributed by atoms with Crippen LogP contribution in [0.25, 0.3) is 0 Å².